The molecule has 118 valence electrons. The molecule has 1 aliphatic heterocycles. The smallest absolute Gasteiger partial charge is 0.399 e. The van der Waals surface area contributed by atoms with Crippen LogP contribution in [-0.4, -0.2) is 18.3 Å². The van der Waals surface area contributed by atoms with Crippen molar-refractivity contribution < 1.29 is 9.31 Å². The van der Waals surface area contributed by atoms with Crippen LogP contribution in [0.25, 0.3) is 10.8 Å². The highest BCUT2D eigenvalue weighted by atomic mass is 35.5. The Kier molecular flexibility index (Phi) is 4.91. The van der Waals surface area contributed by atoms with Gasteiger partial charge in [-0.15, -0.1) is 0 Å². The second-order valence-corrected chi connectivity index (χ2v) is 6.68. The summed E-state index contributed by atoms with van der Waals surface area (Å²) < 4.78 is 12.3. The summed E-state index contributed by atoms with van der Waals surface area (Å²) in [7, 11) is -0.386. The zero-order valence-electron chi connectivity index (χ0n) is 14.2. The van der Waals surface area contributed by atoms with Crippen LogP contribution < -0.4 is 5.46 Å². The molecule has 0 radical (unpaired) electrons. The van der Waals surface area contributed by atoms with Crippen molar-refractivity contribution in [1.82, 2.24) is 0 Å². The lowest BCUT2D eigenvalue weighted by Gasteiger charge is -2.32. The third-order valence-electron chi connectivity index (χ3n) is 4.39. The molecule has 2 nitrogen and oxygen atoms in total. The minimum Gasteiger partial charge on any atom is -0.399 e. The van der Waals surface area contributed by atoms with Gasteiger partial charge in [-0.1, -0.05) is 55.8 Å². The second kappa shape index (κ2) is 6.23. The Hall–Kier alpha value is -1.03. The van der Waals surface area contributed by atoms with Crippen molar-refractivity contribution in [3.63, 3.8) is 0 Å². The van der Waals surface area contributed by atoms with Gasteiger partial charge in [0.25, 0.3) is 0 Å². The fourth-order valence-corrected chi connectivity index (χ4v) is 2.78. The van der Waals surface area contributed by atoms with Gasteiger partial charge in [-0.2, -0.15) is 0 Å². The molecule has 0 atom stereocenters. The highest BCUT2D eigenvalue weighted by Gasteiger charge is 2.52. The Balaban J connectivity index is 0.000000847. The van der Waals surface area contributed by atoms with Crippen LogP contribution in [0.2, 0.25) is 5.02 Å². The van der Waals surface area contributed by atoms with Gasteiger partial charge in [0.05, 0.1) is 11.2 Å². The van der Waals surface area contributed by atoms with Gasteiger partial charge >= 0.3 is 7.12 Å². The van der Waals surface area contributed by atoms with Gasteiger partial charge in [0.1, 0.15) is 0 Å². The van der Waals surface area contributed by atoms with E-state index in [-0.39, 0.29) is 18.3 Å². The summed E-state index contributed by atoms with van der Waals surface area (Å²) in [6.45, 7) is 12.2. The van der Waals surface area contributed by atoms with Crippen LogP contribution in [0.15, 0.2) is 36.4 Å². The van der Waals surface area contributed by atoms with Crippen molar-refractivity contribution in [3.8, 4) is 0 Å². The maximum absolute atomic E-state index is 6.37. The number of halogens is 1. The Bertz CT molecular complexity index is 646. The lowest BCUT2D eigenvalue weighted by atomic mass is 9.76. The van der Waals surface area contributed by atoms with E-state index in [1.807, 2.05) is 38.1 Å². The first-order chi connectivity index (χ1) is 10.3. The molecule has 22 heavy (non-hydrogen) atoms. The van der Waals surface area contributed by atoms with E-state index in [1.165, 1.54) is 0 Å². The summed E-state index contributed by atoms with van der Waals surface area (Å²) >= 11 is 6.37. The number of benzene rings is 2. The van der Waals surface area contributed by atoms with Crippen LogP contribution in [0, 0.1) is 0 Å². The Morgan fingerprint density at radius 1 is 0.864 bits per heavy atom. The zero-order valence-corrected chi connectivity index (χ0v) is 15.0. The summed E-state index contributed by atoms with van der Waals surface area (Å²) in [6.07, 6.45) is 0. The summed E-state index contributed by atoms with van der Waals surface area (Å²) in [5, 5.41) is 2.84. The monoisotopic (exact) mass is 318 g/mol. The number of hydrogen-bond donors (Lipinski definition) is 0. The molecule has 0 amide bonds. The third-order valence-corrected chi connectivity index (χ3v) is 4.71. The van der Waals surface area contributed by atoms with Crippen LogP contribution in [0.1, 0.15) is 41.5 Å². The van der Waals surface area contributed by atoms with Crippen molar-refractivity contribution in [2.45, 2.75) is 52.7 Å². The topological polar surface area (TPSA) is 18.5 Å². The molecular weight excluding hydrogens is 294 g/mol. The molecule has 3 rings (SSSR count). The molecule has 0 spiro atoms. The van der Waals surface area contributed by atoms with Crippen molar-refractivity contribution >= 4 is 35.0 Å². The van der Waals surface area contributed by atoms with E-state index in [2.05, 4.69) is 39.8 Å². The van der Waals surface area contributed by atoms with E-state index in [4.69, 9.17) is 20.9 Å². The molecule has 2 aromatic carbocycles. The number of fused-ring (bicyclic) bond motifs is 1. The predicted octanol–water partition coefficient (Wildman–Crippen LogP) is 4.82. The third kappa shape index (κ3) is 2.90. The van der Waals surface area contributed by atoms with Crippen molar-refractivity contribution in [2.24, 2.45) is 0 Å². The Labute approximate surface area is 138 Å². The van der Waals surface area contributed by atoms with E-state index in [0.29, 0.717) is 0 Å². The van der Waals surface area contributed by atoms with Gasteiger partial charge in [0.15, 0.2) is 0 Å². The van der Waals surface area contributed by atoms with E-state index >= 15 is 0 Å². The van der Waals surface area contributed by atoms with Gasteiger partial charge < -0.3 is 9.31 Å². The number of rotatable bonds is 1. The average Bonchev–Trinajstić information content (AvgIpc) is 2.69. The van der Waals surface area contributed by atoms with Crippen molar-refractivity contribution in [2.75, 3.05) is 0 Å². The number of hydrogen-bond acceptors (Lipinski definition) is 2. The van der Waals surface area contributed by atoms with E-state index < -0.39 is 0 Å². The fourth-order valence-electron chi connectivity index (χ4n) is 2.49. The molecule has 0 aromatic heterocycles. The summed E-state index contributed by atoms with van der Waals surface area (Å²) in [4.78, 5) is 0. The highest BCUT2D eigenvalue weighted by Crippen LogP contribution is 2.37. The highest BCUT2D eigenvalue weighted by molar-refractivity contribution is 6.66. The molecule has 0 saturated carbocycles. The molecule has 0 N–H and O–H groups in total. The molecule has 4 heteroatoms. The molecule has 1 aliphatic rings. The van der Waals surface area contributed by atoms with E-state index in [0.717, 1.165) is 21.3 Å². The van der Waals surface area contributed by atoms with Crippen LogP contribution in [-0.2, 0) is 9.31 Å². The minimum absolute atomic E-state index is 0.346. The SMILES string of the molecule is CC.CC1(C)OB(c2cccc3cccc(Cl)c23)OC1(C)C. The van der Waals surface area contributed by atoms with Gasteiger partial charge in [-0.3, -0.25) is 0 Å². The lowest BCUT2D eigenvalue weighted by Crippen LogP contribution is -2.41. The van der Waals surface area contributed by atoms with Gasteiger partial charge in [-0.05, 0) is 44.6 Å². The predicted molar refractivity (Wildman–Crippen MR) is 96.0 cm³/mol. The molecule has 2 aromatic rings. The van der Waals surface area contributed by atoms with Gasteiger partial charge in [-0.25, -0.2) is 0 Å². The normalized spacial score (nSPS) is 19.0. The first-order valence-electron chi connectivity index (χ1n) is 7.85. The molecule has 1 fully saturated rings. The molecule has 0 bridgehead atoms. The summed E-state index contributed by atoms with van der Waals surface area (Å²) in [5.41, 5.74) is 0.300. The van der Waals surface area contributed by atoms with Crippen LogP contribution >= 0.6 is 11.6 Å². The van der Waals surface area contributed by atoms with Crippen molar-refractivity contribution in [3.05, 3.63) is 41.4 Å². The molecule has 0 aliphatic carbocycles. The minimum atomic E-state index is -0.386. The van der Waals surface area contributed by atoms with E-state index in [1.54, 1.807) is 0 Å². The summed E-state index contributed by atoms with van der Waals surface area (Å²) in [6, 6.07) is 12.0. The van der Waals surface area contributed by atoms with Crippen LogP contribution in [0.4, 0.5) is 0 Å². The first-order valence-corrected chi connectivity index (χ1v) is 8.22. The van der Waals surface area contributed by atoms with Crippen LogP contribution in [0.5, 0.6) is 0 Å². The van der Waals surface area contributed by atoms with Gasteiger partial charge in [0, 0.05) is 10.4 Å². The standard InChI is InChI=1S/C16H18BClO2.C2H6/c1-15(2)16(3,4)20-17(19-15)12-9-5-7-11-8-6-10-13(18)14(11)12;1-2/h5-10H,1-4H3;1-2H3. The zero-order chi connectivity index (χ0) is 16.5. The Morgan fingerprint density at radius 2 is 1.36 bits per heavy atom. The first kappa shape index (κ1) is 17.3. The van der Waals surface area contributed by atoms with Gasteiger partial charge in [0.2, 0.25) is 0 Å². The lowest BCUT2D eigenvalue weighted by molar-refractivity contribution is 0.00578. The maximum atomic E-state index is 6.37. The maximum Gasteiger partial charge on any atom is 0.495 e. The van der Waals surface area contributed by atoms with Crippen molar-refractivity contribution in [1.29, 1.82) is 0 Å². The van der Waals surface area contributed by atoms with E-state index in [9.17, 15) is 0 Å². The molecule has 0 unspecified atom stereocenters. The summed E-state index contributed by atoms with van der Waals surface area (Å²) in [5.74, 6) is 0. The Morgan fingerprint density at radius 3 is 1.91 bits per heavy atom. The molecular formula is C18H24BClO2. The fraction of sp³-hybridized carbons (Fsp3) is 0.444. The quantitative estimate of drug-likeness (QED) is 0.702. The molecule has 1 heterocycles. The largest absolute Gasteiger partial charge is 0.495 e. The average molecular weight is 319 g/mol. The van der Waals surface area contributed by atoms with Crippen LogP contribution in [0.3, 0.4) is 0 Å². The molecule has 1 saturated heterocycles. The second-order valence-electron chi connectivity index (χ2n) is 6.27.